The lowest BCUT2D eigenvalue weighted by atomic mass is 9.82. The van der Waals surface area contributed by atoms with Gasteiger partial charge in [0.15, 0.2) is 11.9 Å². The number of allylic oxidation sites excluding steroid dienone is 6. The first-order valence-electron chi connectivity index (χ1n) is 14.0. The molecule has 0 fully saturated rings. The molecule has 0 aromatic heterocycles. The van der Waals surface area contributed by atoms with Crippen molar-refractivity contribution in [3.05, 3.63) is 71.0 Å². The van der Waals surface area contributed by atoms with Crippen LogP contribution in [-0.2, 0) is 28.6 Å². The van der Waals surface area contributed by atoms with Crippen LogP contribution in [0.1, 0.15) is 53.4 Å². The van der Waals surface area contributed by atoms with Crippen molar-refractivity contribution in [2.24, 2.45) is 17.6 Å². The number of Topliss-reactive ketones (excluding diaryl/α,β-unsaturated/α-hetero) is 1. The third-order valence-corrected chi connectivity index (χ3v) is 7.51. The van der Waals surface area contributed by atoms with Gasteiger partial charge in [-0.1, -0.05) is 44.2 Å². The van der Waals surface area contributed by atoms with Crippen LogP contribution in [0.5, 0.6) is 0 Å². The predicted octanol–water partition coefficient (Wildman–Crippen LogP) is 3.77. The van der Waals surface area contributed by atoms with Crippen molar-refractivity contribution in [1.29, 1.82) is 0 Å². The fourth-order valence-electron chi connectivity index (χ4n) is 5.16. The molecule has 1 aliphatic carbocycles. The topological polar surface area (TPSA) is 154 Å². The molecule has 230 valence electrons. The monoisotopic (exact) mass is 584 g/mol. The van der Waals surface area contributed by atoms with Crippen molar-refractivity contribution < 1.29 is 38.5 Å². The number of nitrogens with one attached hydrogen (secondary N) is 1. The molecule has 1 aliphatic heterocycles. The van der Waals surface area contributed by atoms with Crippen LogP contribution in [0.25, 0.3) is 0 Å². The maximum Gasteiger partial charge on any atom is 0.405 e. The van der Waals surface area contributed by atoms with Crippen molar-refractivity contribution in [3.8, 4) is 0 Å². The number of amides is 2. The van der Waals surface area contributed by atoms with Crippen molar-refractivity contribution in [2.75, 3.05) is 14.2 Å². The summed E-state index contributed by atoms with van der Waals surface area (Å²) < 4.78 is 16.6. The lowest BCUT2D eigenvalue weighted by Crippen LogP contribution is -2.37. The number of ketones is 2. The van der Waals surface area contributed by atoms with E-state index in [0.717, 1.165) is 0 Å². The quantitative estimate of drug-likeness (QED) is 0.315. The van der Waals surface area contributed by atoms with Crippen molar-refractivity contribution in [1.82, 2.24) is 5.32 Å². The van der Waals surface area contributed by atoms with E-state index in [4.69, 9.17) is 19.9 Å². The predicted molar refractivity (Wildman–Crippen MR) is 159 cm³/mol. The third-order valence-electron chi connectivity index (χ3n) is 7.51. The summed E-state index contributed by atoms with van der Waals surface area (Å²) in [5.74, 6) is -1.90. The number of primary amides is 1. The minimum atomic E-state index is -0.996. The highest BCUT2D eigenvalue weighted by molar-refractivity contribution is 6.23. The van der Waals surface area contributed by atoms with E-state index in [1.807, 2.05) is 13.8 Å². The summed E-state index contributed by atoms with van der Waals surface area (Å²) in [6.07, 6.45) is 6.56. The molecule has 6 atom stereocenters. The summed E-state index contributed by atoms with van der Waals surface area (Å²) in [6.45, 7) is 10.8. The number of fused-ring (bicyclic) bond motifs is 2. The van der Waals surface area contributed by atoms with Crippen molar-refractivity contribution >= 4 is 23.6 Å². The van der Waals surface area contributed by atoms with Crippen molar-refractivity contribution in [3.63, 3.8) is 0 Å². The minimum absolute atomic E-state index is 0.0920. The van der Waals surface area contributed by atoms with Gasteiger partial charge in [-0.3, -0.25) is 14.4 Å². The molecule has 0 saturated heterocycles. The molecule has 10 heteroatoms. The second kappa shape index (κ2) is 16.1. The SMILES string of the molecule is C=CCCC1=C2C[C@@H](C)C[C@H](OC)[C@H](O)[C@@H](C)/C=C(\C)[C@H](OC(N)=O)[C@@H](OC)/C=C\C=C(/C)C(=O)NC(=CC1=O)C2=O. The largest absolute Gasteiger partial charge is 0.439 e. The molecule has 0 aromatic rings. The highest BCUT2D eigenvalue weighted by atomic mass is 16.6. The van der Waals surface area contributed by atoms with Crippen LogP contribution >= 0.6 is 0 Å². The summed E-state index contributed by atoms with van der Waals surface area (Å²) in [6, 6.07) is 0. The minimum Gasteiger partial charge on any atom is -0.439 e. The van der Waals surface area contributed by atoms with Gasteiger partial charge >= 0.3 is 6.09 Å². The fraction of sp³-hybridized carbons (Fsp3) is 0.500. The van der Waals surface area contributed by atoms with E-state index in [0.29, 0.717) is 36.0 Å². The third kappa shape index (κ3) is 9.20. The molecule has 1 heterocycles. The van der Waals surface area contributed by atoms with Crippen LogP contribution in [0, 0.1) is 11.8 Å². The van der Waals surface area contributed by atoms with E-state index in [1.165, 1.54) is 26.4 Å². The lowest BCUT2D eigenvalue weighted by molar-refractivity contribution is -0.120. The Morgan fingerprint density at radius 3 is 2.48 bits per heavy atom. The van der Waals surface area contributed by atoms with Crippen LogP contribution in [-0.4, -0.2) is 67.3 Å². The highest BCUT2D eigenvalue weighted by Gasteiger charge is 2.33. The van der Waals surface area contributed by atoms with Crippen molar-refractivity contribution in [2.45, 2.75) is 77.8 Å². The smallest absolute Gasteiger partial charge is 0.405 e. The van der Waals surface area contributed by atoms with E-state index in [-0.39, 0.29) is 29.4 Å². The molecule has 0 saturated carbocycles. The molecular weight excluding hydrogens is 540 g/mol. The Kier molecular flexibility index (Phi) is 13.3. The van der Waals surface area contributed by atoms with Gasteiger partial charge in [-0.15, -0.1) is 6.58 Å². The maximum absolute atomic E-state index is 13.6. The fourth-order valence-corrected chi connectivity index (χ4v) is 5.16. The summed E-state index contributed by atoms with van der Waals surface area (Å²) >= 11 is 0. The van der Waals surface area contributed by atoms with E-state index in [2.05, 4.69) is 11.9 Å². The van der Waals surface area contributed by atoms with Gasteiger partial charge in [-0.2, -0.15) is 0 Å². The van der Waals surface area contributed by atoms with Crippen LogP contribution in [0.2, 0.25) is 0 Å². The molecule has 10 nitrogen and oxygen atoms in total. The summed E-state index contributed by atoms with van der Waals surface area (Å²) in [5.41, 5.74) is 6.85. The zero-order chi connectivity index (χ0) is 31.6. The van der Waals surface area contributed by atoms with Gasteiger partial charge in [-0.25, -0.2) is 4.79 Å². The number of ether oxygens (including phenoxy) is 3. The maximum atomic E-state index is 13.6. The number of methoxy groups -OCH3 is 2. The van der Waals surface area contributed by atoms with Gasteiger partial charge in [0, 0.05) is 42.9 Å². The van der Waals surface area contributed by atoms with E-state index in [1.54, 1.807) is 38.2 Å². The number of rotatable bonds is 6. The average Bonchev–Trinajstić information content (AvgIpc) is 2.94. The van der Waals surface area contributed by atoms with E-state index >= 15 is 0 Å². The molecule has 2 rings (SSSR count). The van der Waals surface area contributed by atoms with Gasteiger partial charge in [0.25, 0.3) is 5.91 Å². The standard InChI is InChI=1S/C32H44N2O8/c1-8-9-12-22-23-14-18(2)15-27(41-7)28(36)20(4)16-21(5)30(42-32(33)39)26(40-6)13-10-11-19(3)31(38)34-24(29(23)37)17-25(22)35/h8,10-11,13,16-18,20,26-28,30,36H,1,9,12,14-15H2,2-7H3,(H2,33,39)(H,34,38)/b13-10-,19-11+,21-16+/t18-,20+,26+,27+,28-,30+/m1/s1. The number of nitrogens with two attached hydrogens (primary N) is 1. The van der Waals surface area contributed by atoms with Crippen LogP contribution in [0.3, 0.4) is 0 Å². The molecule has 42 heavy (non-hydrogen) atoms. The van der Waals surface area contributed by atoms with E-state index in [9.17, 15) is 24.3 Å². The normalized spacial score (nSPS) is 31.7. The van der Waals surface area contributed by atoms with Crippen LogP contribution < -0.4 is 11.1 Å². The molecular formula is C32H44N2O8. The molecule has 0 unspecified atom stereocenters. The summed E-state index contributed by atoms with van der Waals surface area (Å²) in [5, 5.41) is 13.8. The summed E-state index contributed by atoms with van der Waals surface area (Å²) in [4.78, 5) is 51.4. The first-order valence-corrected chi connectivity index (χ1v) is 14.0. The Hall–Kier alpha value is -3.60. The van der Waals surface area contributed by atoms with Gasteiger partial charge in [0.1, 0.15) is 6.10 Å². The zero-order valence-electron chi connectivity index (χ0n) is 25.3. The molecule has 2 bridgehead atoms. The Labute approximate surface area is 248 Å². The molecule has 0 spiro atoms. The highest BCUT2D eigenvalue weighted by Crippen LogP contribution is 2.31. The number of carbonyl (C=O) groups excluding carboxylic acids is 4. The Bertz CT molecular complexity index is 1210. The van der Waals surface area contributed by atoms with Gasteiger partial charge in [0.2, 0.25) is 5.78 Å². The molecule has 4 N–H and O–H groups in total. The first kappa shape index (κ1) is 34.6. The Morgan fingerprint density at radius 1 is 1.19 bits per heavy atom. The van der Waals surface area contributed by atoms with Crippen LogP contribution in [0.15, 0.2) is 71.0 Å². The van der Waals surface area contributed by atoms with Gasteiger partial charge < -0.3 is 30.4 Å². The number of aliphatic hydroxyl groups excluding tert-OH is 1. The molecule has 0 radical (unpaired) electrons. The average molecular weight is 585 g/mol. The number of hydrogen-bond acceptors (Lipinski definition) is 8. The first-order chi connectivity index (χ1) is 19.8. The second-order valence-corrected chi connectivity index (χ2v) is 10.9. The number of aliphatic hydroxyl groups is 1. The molecule has 2 amide bonds. The number of carbonyl (C=O) groups is 4. The van der Waals surface area contributed by atoms with Crippen LogP contribution in [0.4, 0.5) is 4.79 Å². The molecule has 2 aliphatic rings. The second-order valence-electron chi connectivity index (χ2n) is 10.9. The lowest BCUT2D eigenvalue weighted by Gasteiger charge is -2.30. The van der Waals surface area contributed by atoms with E-state index < -0.39 is 48.1 Å². The summed E-state index contributed by atoms with van der Waals surface area (Å²) in [7, 11) is 2.94. The van der Waals surface area contributed by atoms with Gasteiger partial charge in [-0.05, 0) is 51.0 Å². The Morgan fingerprint density at radius 2 is 1.88 bits per heavy atom. The number of hydrogen-bond donors (Lipinski definition) is 3. The Balaban J connectivity index is 2.62. The zero-order valence-corrected chi connectivity index (χ0v) is 25.3. The van der Waals surface area contributed by atoms with Gasteiger partial charge in [0.05, 0.1) is 17.9 Å². The molecule has 0 aromatic carbocycles.